The zero-order valence-corrected chi connectivity index (χ0v) is 18.9. The van der Waals surface area contributed by atoms with Crippen LogP contribution in [-0.4, -0.2) is 31.5 Å². The number of imidazole rings is 2. The van der Waals surface area contributed by atoms with Crippen molar-refractivity contribution in [2.24, 2.45) is 19.2 Å². The van der Waals surface area contributed by atoms with E-state index >= 15 is 0 Å². The van der Waals surface area contributed by atoms with Crippen molar-refractivity contribution in [1.29, 1.82) is 0 Å². The lowest BCUT2D eigenvalue weighted by Gasteiger charge is -2.10. The highest BCUT2D eigenvalue weighted by Crippen LogP contribution is 2.29. The highest BCUT2D eigenvalue weighted by molar-refractivity contribution is 7.89. The van der Waals surface area contributed by atoms with Crippen molar-refractivity contribution in [2.45, 2.75) is 11.8 Å². The number of primary sulfonamides is 1. The zero-order chi connectivity index (χ0) is 23.7. The molecule has 0 aliphatic rings. The summed E-state index contributed by atoms with van der Waals surface area (Å²) >= 11 is 0. The Labute approximate surface area is 187 Å². The van der Waals surface area contributed by atoms with Gasteiger partial charge in [-0.05, 0) is 31.2 Å². The monoisotopic (exact) mass is 464 g/mol. The van der Waals surface area contributed by atoms with Crippen molar-refractivity contribution in [3.05, 3.63) is 81.1 Å². The molecule has 3 heterocycles. The highest BCUT2D eigenvalue weighted by Gasteiger charge is 2.22. The minimum atomic E-state index is -3.85. The van der Waals surface area contributed by atoms with E-state index in [1.165, 1.54) is 23.7 Å². The number of fused-ring (bicyclic) bond motifs is 3. The van der Waals surface area contributed by atoms with E-state index in [-0.39, 0.29) is 16.1 Å². The summed E-state index contributed by atoms with van der Waals surface area (Å²) in [6, 6.07) is 13.9. The van der Waals surface area contributed by atoms with Gasteiger partial charge in [0.1, 0.15) is 0 Å². The molecular weight excluding hydrogens is 444 g/mol. The maximum Gasteiger partial charge on any atom is 0.332 e. The summed E-state index contributed by atoms with van der Waals surface area (Å²) in [5.74, 6) is 0.405. The Balaban J connectivity index is 1.90. The number of hydrogen-bond donors (Lipinski definition) is 1. The van der Waals surface area contributed by atoms with Gasteiger partial charge < -0.3 is 0 Å². The van der Waals surface area contributed by atoms with Crippen molar-refractivity contribution in [3.63, 3.8) is 0 Å². The fourth-order valence-corrected chi connectivity index (χ4v) is 4.45. The smallest absolute Gasteiger partial charge is 0.279 e. The maximum atomic E-state index is 13.0. The highest BCUT2D eigenvalue weighted by atomic mass is 32.2. The van der Waals surface area contributed by atoms with E-state index in [1.807, 2.05) is 35.8 Å². The van der Waals surface area contributed by atoms with E-state index in [2.05, 4.69) is 4.98 Å². The predicted molar refractivity (Wildman–Crippen MR) is 124 cm³/mol. The molecular formula is C22H20N6O4S. The lowest BCUT2D eigenvalue weighted by molar-refractivity contribution is 0.598. The van der Waals surface area contributed by atoms with Crippen molar-refractivity contribution < 1.29 is 8.42 Å². The quantitative estimate of drug-likeness (QED) is 0.431. The number of rotatable bonds is 3. The molecule has 0 spiro atoms. The van der Waals surface area contributed by atoms with Crippen LogP contribution in [-0.2, 0) is 24.1 Å². The molecule has 0 aliphatic carbocycles. The molecule has 5 rings (SSSR count). The summed E-state index contributed by atoms with van der Waals surface area (Å²) in [5, 5.41) is 5.24. The van der Waals surface area contributed by atoms with Gasteiger partial charge in [-0.3, -0.25) is 22.9 Å². The number of sulfonamides is 1. The van der Waals surface area contributed by atoms with E-state index in [0.717, 1.165) is 21.4 Å². The number of nitrogens with two attached hydrogens (primary N) is 1. The lowest BCUT2D eigenvalue weighted by Crippen LogP contribution is -2.37. The Bertz CT molecular complexity index is 1790. The average Bonchev–Trinajstić information content (AvgIpc) is 3.32. The van der Waals surface area contributed by atoms with Crippen LogP contribution in [0.2, 0.25) is 0 Å². The van der Waals surface area contributed by atoms with Crippen LogP contribution in [0.15, 0.2) is 69.2 Å². The van der Waals surface area contributed by atoms with Gasteiger partial charge in [0.2, 0.25) is 15.8 Å². The molecule has 0 fully saturated rings. The topological polar surface area (TPSA) is 126 Å². The summed E-state index contributed by atoms with van der Waals surface area (Å²) in [7, 11) is -0.869. The van der Waals surface area contributed by atoms with Crippen molar-refractivity contribution in [1.82, 2.24) is 23.1 Å². The summed E-state index contributed by atoms with van der Waals surface area (Å²) < 4.78 is 29.2. The van der Waals surface area contributed by atoms with Crippen molar-refractivity contribution >= 4 is 27.0 Å². The van der Waals surface area contributed by atoms with Gasteiger partial charge in [-0.2, -0.15) is 4.98 Å². The lowest BCUT2D eigenvalue weighted by atomic mass is 10.1. The minimum Gasteiger partial charge on any atom is -0.279 e. The second-order valence-corrected chi connectivity index (χ2v) is 9.48. The number of aryl methyl sites for hydroxylation is 2. The molecule has 0 aliphatic heterocycles. The first kappa shape index (κ1) is 20.9. The van der Waals surface area contributed by atoms with E-state index in [9.17, 15) is 18.0 Å². The molecule has 0 saturated carbocycles. The van der Waals surface area contributed by atoms with Crippen LogP contribution in [0, 0.1) is 6.92 Å². The van der Waals surface area contributed by atoms with Gasteiger partial charge in [0.25, 0.3) is 5.56 Å². The van der Waals surface area contributed by atoms with Gasteiger partial charge in [0, 0.05) is 31.5 Å². The van der Waals surface area contributed by atoms with Crippen LogP contribution >= 0.6 is 0 Å². The summed E-state index contributed by atoms with van der Waals surface area (Å²) in [6.07, 6.45) is 1.79. The molecule has 0 atom stereocenters. The molecule has 11 heteroatoms. The summed E-state index contributed by atoms with van der Waals surface area (Å²) in [6.45, 7) is 1.99. The molecule has 33 heavy (non-hydrogen) atoms. The largest absolute Gasteiger partial charge is 0.332 e. The molecule has 0 unspecified atom stereocenters. The maximum absolute atomic E-state index is 13.0. The Morgan fingerprint density at radius 2 is 1.55 bits per heavy atom. The third-order valence-electron chi connectivity index (χ3n) is 5.74. The molecule has 2 N–H and O–H groups in total. The molecule has 0 saturated heterocycles. The average molecular weight is 465 g/mol. The molecule has 0 amide bonds. The molecule has 168 valence electrons. The third-order valence-corrected chi connectivity index (χ3v) is 6.67. The van der Waals surface area contributed by atoms with E-state index in [0.29, 0.717) is 11.5 Å². The van der Waals surface area contributed by atoms with Crippen LogP contribution in [0.1, 0.15) is 5.56 Å². The fourth-order valence-electron chi connectivity index (χ4n) is 3.94. The van der Waals surface area contributed by atoms with Gasteiger partial charge in [-0.25, -0.2) is 18.4 Å². The van der Waals surface area contributed by atoms with Crippen LogP contribution < -0.4 is 16.4 Å². The predicted octanol–water partition coefficient (Wildman–Crippen LogP) is 1.30. The normalized spacial score (nSPS) is 12.1. The number of benzene rings is 2. The van der Waals surface area contributed by atoms with Gasteiger partial charge in [-0.1, -0.05) is 29.8 Å². The number of aromatic nitrogens is 5. The van der Waals surface area contributed by atoms with Crippen LogP contribution in [0.3, 0.4) is 0 Å². The summed E-state index contributed by atoms with van der Waals surface area (Å²) in [5.41, 5.74) is 2.90. The molecule has 0 bridgehead atoms. The first-order valence-electron chi connectivity index (χ1n) is 9.98. The first-order chi connectivity index (χ1) is 15.6. The van der Waals surface area contributed by atoms with Crippen LogP contribution in [0.25, 0.3) is 33.9 Å². The van der Waals surface area contributed by atoms with Crippen molar-refractivity contribution in [3.8, 4) is 16.9 Å². The first-order valence-corrected chi connectivity index (χ1v) is 11.5. The second kappa shape index (κ2) is 7.02. The minimum absolute atomic E-state index is 0.0175. The summed E-state index contributed by atoms with van der Waals surface area (Å²) in [4.78, 5) is 30.0. The molecule has 5 aromatic rings. The van der Waals surface area contributed by atoms with E-state index in [4.69, 9.17) is 5.14 Å². The Morgan fingerprint density at radius 1 is 0.909 bits per heavy atom. The van der Waals surface area contributed by atoms with Crippen LogP contribution in [0.5, 0.6) is 0 Å². The van der Waals surface area contributed by atoms with Gasteiger partial charge >= 0.3 is 5.69 Å². The number of nitrogens with zero attached hydrogens (tertiary/aromatic N) is 5. The van der Waals surface area contributed by atoms with Gasteiger partial charge in [0.05, 0.1) is 10.6 Å². The second-order valence-electron chi connectivity index (χ2n) is 7.91. The van der Waals surface area contributed by atoms with Crippen LogP contribution in [0.4, 0.5) is 0 Å². The zero-order valence-electron chi connectivity index (χ0n) is 18.1. The molecule has 10 nitrogen and oxygen atoms in total. The van der Waals surface area contributed by atoms with Gasteiger partial charge in [-0.15, -0.1) is 0 Å². The fraction of sp³-hybridized carbons (Fsp3) is 0.136. The molecule has 2 aromatic carbocycles. The number of hydrogen-bond acceptors (Lipinski definition) is 5. The third kappa shape index (κ3) is 3.12. The Kier molecular flexibility index (Phi) is 4.45. The Morgan fingerprint density at radius 3 is 2.15 bits per heavy atom. The molecule has 3 aromatic heterocycles. The standard InChI is InChI=1S/C22H20N6O4S/c1-13-4-6-14(7-5-13)17-12-27-18-19(25(2)22(30)26(3)20(18)29)24-21(27)28(17)15-8-10-16(11-9-15)33(23,31)32/h4-12H,1-3H3,(H2,23,31,32). The molecule has 0 radical (unpaired) electrons. The SMILES string of the molecule is Cc1ccc(-c2cn3c4c(=O)n(C)c(=O)n(C)c4nc3n2-c2ccc(S(N)(=O)=O)cc2)cc1. The van der Waals surface area contributed by atoms with Crippen molar-refractivity contribution in [2.75, 3.05) is 0 Å². The Hall–Kier alpha value is -3.96. The van der Waals surface area contributed by atoms with E-state index in [1.54, 1.807) is 29.8 Å². The van der Waals surface area contributed by atoms with Gasteiger partial charge in [0.15, 0.2) is 11.2 Å². The van der Waals surface area contributed by atoms with E-state index < -0.39 is 21.3 Å².